The SMILES string of the molecule is CCCC(CC)Cc1ccc(COCCOC2CCN(Cc3cc(C(F)(F)F)c4cn(-c5cccc(Cc6nncn6C)c5)c(=O)n4c3)CC2)cc1. The lowest BCUT2D eigenvalue weighted by molar-refractivity contribution is -0.136. The normalized spacial score (nSPS) is 15.1. The van der Waals surface area contributed by atoms with E-state index in [1.165, 1.54) is 47.9 Å². The molecule has 3 aromatic heterocycles. The number of hydrogen-bond donors (Lipinski definition) is 0. The Morgan fingerprint density at radius 3 is 2.40 bits per heavy atom. The van der Waals surface area contributed by atoms with Gasteiger partial charge in [0, 0.05) is 45.5 Å². The molecule has 12 heteroatoms. The van der Waals surface area contributed by atoms with Gasteiger partial charge in [0.25, 0.3) is 0 Å². The second-order valence-electron chi connectivity index (χ2n) is 14.0. The molecule has 1 saturated heterocycles. The van der Waals surface area contributed by atoms with Gasteiger partial charge in [0.2, 0.25) is 0 Å². The molecule has 1 atom stereocenters. The van der Waals surface area contributed by atoms with E-state index < -0.39 is 17.4 Å². The van der Waals surface area contributed by atoms with Crippen LogP contribution in [-0.4, -0.2) is 61.0 Å². The number of rotatable bonds is 16. The van der Waals surface area contributed by atoms with Crippen molar-refractivity contribution in [3.05, 3.63) is 117 Å². The van der Waals surface area contributed by atoms with Crippen LogP contribution in [0.1, 0.15) is 79.6 Å². The van der Waals surface area contributed by atoms with E-state index in [9.17, 15) is 18.0 Å². The van der Waals surface area contributed by atoms with Crippen molar-refractivity contribution in [2.24, 2.45) is 13.0 Å². The summed E-state index contributed by atoms with van der Waals surface area (Å²) < 4.78 is 59.2. The van der Waals surface area contributed by atoms with Gasteiger partial charge in [-0.3, -0.25) is 13.9 Å². The quantitative estimate of drug-likeness (QED) is 0.0991. The van der Waals surface area contributed by atoms with E-state index in [0.717, 1.165) is 46.5 Å². The van der Waals surface area contributed by atoms with Crippen LogP contribution in [0, 0.1) is 5.92 Å². The van der Waals surface area contributed by atoms with Gasteiger partial charge in [-0.05, 0) is 65.6 Å². The van der Waals surface area contributed by atoms with E-state index in [0.29, 0.717) is 57.1 Å². The molecule has 4 heterocycles. The van der Waals surface area contributed by atoms with Crippen molar-refractivity contribution in [2.75, 3.05) is 26.3 Å². The van der Waals surface area contributed by atoms with E-state index >= 15 is 0 Å². The second kappa shape index (κ2) is 17.0. The van der Waals surface area contributed by atoms with Crippen molar-refractivity contribution in [3.63, 3.8) is 0 Å². The predicted molar refractivity (Wildman–Crippen MR) is 195 cm³/mol. The summed E-state index contributed by atoms with van der Waals surface area (Å²) in [6.07, 6.45) is 6.68. The van der Waals surface area contributed by atoms with Crippen LogP contribution in [-0.2, 0) is 48.7 Å². The number of hydrogen-bond acceptors (Lipinski definition) is 6. The molecule has 0 radical (unpaired) electrons. The number of aryl methyl sites for hydroxylation is 1. The minimum atomic E-state index is -4.63. The number of imidazole rings is 1. The van der Waals surface area contributed by atoms with E-state index in [1.54, 1.807) is 29.1 Å². The molecule has 278 valence electrons. The fourth-order valence-corrected chi connectivity index (χ4v) is 7.13. The van der Waals surface area contributed by atoms with E-state index in [4.69, 9.17) is 9.47 Å². The van der Waals surface area contributed by atoms with Crippen LogP contribution < -0.4 is 5.69 Å². The van der Waals surface area contributed by atoms with Crippen molar-refractivity contribution in [3.8, 4) is 5.69 Å². The first-order valence-corrected chi connectivity index (χ1v) is 18.4. The minimum Gasteiger partial charge on any atom is -0.376 e. The Bertz CT molecular complexity index is 1960. The largest absolute Gasteiger partial charge is 0.418 e. The van der Waals surface area contributed by atoms with Gasteiger partial charge in [0.15, 0.2) is 0 Å². The Morgan fingerprint density at radius 1 is 0.942 bits per heavy atom. The summed E-state index contributed by atoms with van der Waals surface area (Å²) >= 11 is 0. The smallest absolute Gasteiger partial charge is 0.376 e. The van der Waals surface area contributed by atoms with Crippen molar-refractivity contribution < 1.29 is 22.6 Å². The van der Waals surface area contributed by atoms with Crippen LogP contribution in [0.3, 0.4) is 0 Å². The predicted octanol–water partition coefficient (Wildman–Crippen LogP) is 7.39. The zero-order chi connectivity index (χ0) is 36.7. The molecule has 52 heavy (non-hydrogen) atoms. The monoisotopic (exact) mass is 718 g/mol. The molecule has 9 nitrogen and oxygen atoms in total. The first kappa shape index (κ1) is 37.5. The van der Waals surface area contributed by atoms with Gasteiger partial charge in [0.1, 0.15) is 12.2 Å². The summed E-state index contributed by atoms with van der Waals surface area (Å²) in [4.78, 5) is 15.7. The molecule has 5 aromatic rings. The fraction of sp³-hybridized carbons (Fsp3) is 0.475. The highest BCUT2D eigenvalue weighted by molar-refractivity contribution is 5.58. The third kappa shape index (κ3) is 9.39. The topological polar surface area (TPSA) is 78.8 Å². The van der Waals surface area contributed by atoms with Crippen LogP contribution in [0.15, 0.2) is 78.1 Å². The fourth-order valence-electron chi connectivity index (χ4n) is 7.13. The number of aromatic nitrogens is 5. The van der Waals surface area contributed by atoms with Crippen LogP contribution in [0.5, 0.6) is 0 Å². The third-order valence-electron chi connectivity index (χ3n) is 10.1. The van der Waals surface area contributed by atoms with Gasteiger partial charge in [-0.2, -0.15) is 13.2 Å². The molecule has 1 unspecified atom stereocenters. The lowest BCUT2D eigenvalue weighted by atomic mass is 9.92. The highest BCUT2D eigenvalue weighted by atomic mass is 19.4. The summed E-state index contributed by atoms with van der Waals surface area (Å²) in [6.45, 7) is 7.71. The van der Waals surface area contributed by atoms with Gasteiger partial charge >= 0.3 is 11.9 Å². The lowest BCUT2D eigenvalue weighted by Crippen LogP contribution is -2.37. The minimum absolute atomic E-state index is 0.0723. The first-order valence-electron chi connectivity index (χ1n) is 18.4. The van der Waals surface area contributed by atoms with E-state index in [2.05, 4.69) is 53.2 Å². The molecule has 0 N–H and O–H groups in total. The van der Waals surface area contributed by atoms with Crippen LogP contribution in [0.2, 0.25) is 0 Å². The summed E-state index contributed by atoms with van der Waals surface area (Å²) in [6, 6.07) is 17.1. The second-order valence-corrected chi connectivity index (χ2v) is 14.0. The van der Waals surface area contributed by atoms with Crippen LogP contribution >= 0.6 is 0 Å². The number of halogens is 3. The Morgan fingerprint density at radius 2 is 1.71 bits per heavy atom. The first-order chi connectivity index (χ1) is 25.1. The zero-order valence-corrected chi connectivity index (χ0v) is 30.3. The van der Waals surface area contributed by atoms with E-state index in [1.807, 2.05) is 13.1 Å². The average molecular weight is 719 g/mol. The molecule has 1 aliphatic rings. The Balaban J connectivity index is 1.01. The number of nitrogens with zero attached hydrogens (tertiary/aromatic N) is 6. The molecule has 1 aliphatic heterocycles. The number of benzene rings is 2. The summed E-state index contributed by atoms with van der Waals surface area (Å²) in [5, 5.41) is 8.01. The van der Waals surface area contributed by atoms with Gasteiger partial charge in [-0.1, -0.05) is 69.5 Å². The Hall–Kier alpha value is -4.26. The van der Waals surface area contributed by atoms with Crippen molar-refractivity contribution >= 4 is 5.52 Å². The van der Waals surface area contributed by atoms with Gasteiger partial charge in [-0.15, -0.1) is 10.2 Å². The number of alkyl halides is 3. The molecule has 0 bridgehead atoms. The maximum Gasteiger partial charge on any atom is 0.418 e. The van der Waals surface area contributed by atoms with Gasteiger partial charge in [0.05, 0.1) is 42.7 Å². The van der Waals surface area contributed by atoms with Gasteiger partial charge in [-0.25, -0.2) is 4.79 Å². The molecular weight excluding hydrogens is 669 g/mol. The zero-order valence-electron chi connectivity index (χ0n) is 30.3. The summed E-state index contributed by atoms with van der Waals surface area (Å²) in [7, 11) is 1.84. The Kier molecular flexibility index (Phi) is 12.3. The van der Waals surface area contributed by atoms with Crippen LogP contribution in [0.25, 0.3) is 11.2 Å². The van der Waals surface area contributed by atoms with Gasteiger partial charge < -0.3 is 14.0 Å². The maximum absolute atomic E-state index is 14.4. The van der Waals surface area contributed by atoms with Crippen LogP contribution in [0.4, 0.5) is 13.2 Å². The number of piperidine rings is 1. The third-order valence-corrected chi connectivity index (χ3v) is 10.1. The summed E-state index contributed by atoms with van der Waals surface area (Å²) in [5.41, 5.74) is 2.72. The molecule has 6 rings (SSSR count). The summed E-state index contributed by atoms with van der Waals surface area (Å²) in [5.74, 6) is 1.47. The standard InChI is InChI=1S/C40H49F3N6O3/c1-4-7-29(5-2)20-30-10-12-31(13-11-30)27-51-18-19-52-35-14-16-47(17-15-35)24-33-22-36(40(41,42)43)37-26-48(39(50)49(37)25-33)34-9-6-8-32(21-34)23-38-45-44-28-46(38)3/h6,8-13,21-22,25-26,28-29,35H,4-5,7,14-20,23-24,27H2,1-3H3. The van der Waals surface area contributed by atoms with Crippen molar-refractivity contribution in [1.82, 2.24) is 28.6 Å². The number of ether oxygens (including phenoxy) is 2. The highest BCUT2D eigenvalue weighted by Crippen LogP contribution is 2.34. The molecule has 1 fully saturated rings. The maximum atomic E-state index is 14.4. The molecule has 0 aliphatic carbocycles. The molecular formula is C40H49F3N6O3. The highest BCUT2D eigenvalue weighted by Gasteiger charge is 2.35. The number of pyridine rings is 1. The van der Waals surface area contributed by atoms with Crippen molar-refractivity contribution in [1.29, 1.82) is 0 Å². The molecule has 2 aromatic carbocycles. The molecule has 0 saturated carbocycles. The van der Waals surface area contributed by atoms with E-state index in [-0.39, 0.29) is 11.6 Å². The number of likely N-dealkylation sites (tertiary alicyclic amines) is 1. The molecule has 0 amide bonds. The number of fused-ring (bicyclic) bond motifs is 1. The van der Waals surface area contributed by atoms with Crippen molar-refractivity contribution in [2.45, 2.75) is 84.2 Å². The molecule has 0 spiro atoms. The average Bonchev–Trinajstić information content (AvgIpc) is 3.69. The Labute approximate surface area is 303 Å². The lowest BCUT2D eigenvalue weighted by Gasteiger charge is -2.32.